The maximum absolute atomic E-state index is 12.5. The number of hydrogen-bond acceptors (Lipinski definition) is 8. The lowest BCUT2D eigenvalue weighted by molar-refractivity contribution is -0.180. The maximum Gasteiger partial charge on any atom is 0.410 e. The second-order valence-electron chi connectivity index (χ2n) is 11.8. The van der Waals surface area contributed by atoms with Crippen LogP contribution in [0.15, 0.2) is 66.7 Å². The molecule has 2 heterocycles. The van der Waals surface area contributed by atoms with E-state index >= 15 is 0 Å². The van der Waals surface area contributed by atoms with Crippen LogP contribution in [0.3, 0.4) is 0 Å². The number of rotatable bonds is 15. The predicted octanol–water partition coefficient (Wildman–Crippen LogP) is 6.45. The van der Waals surface area contributed by atoms with Crippen molar-refractivity contribution in [3.63, 3.8) is 0 Å². The first-order chi connectivity index (χ1) is 21.8. The molecule has 1 fully saturated rings. The Kier molecular flexibility index (Phi) is 10.9. The SMILES string of the molecule is CC1(C)OCc2cc([C@@H]3CN(CCCCCCOCCOCc4cccc(NC(=O)c5cccc(N)c5)c4)C(=O)O3)ccc2O1. The fourth-order valence-corrected chi connectivity index (χ4v) is 5.31. The van der Waals surface area contributed by atoms with Crippen LogP contribution in [0, 0.1) is 0 Å². The summed E-state index contributed by atoms with van der Waals surface area (Å²) in [5.41, 5.74) is 10.4. The van der Waals surface area contributed by atoms with Gasteiger partial charge < -0.3 is 39.6 Å². The molecule has 10 nitrogen and oxygen atoms in total. The van der Waals surface area contributed by atoms with Crippen LogP contribution in [-0.2, 0) is 32.2 Å². The summed E-state index contributed by atoms with van der Waals surface area (Å²) in [5, 5.41) is 2.89. The summed E-state index contributed by atoms with van der Waals surface area (Å²) in [6.45, 7) is 7.60. The number of nitrogens with one attached hydrogen (secondary N) is 1. The number of benzene rings is 3. The number of cyclic esters (lactones) is 1. The van der Waals surface area contributed by atoms with Crippen LogP contribution in [0.5, 0.6) is 5.75 Å². The minimum atomic E-state index is -0.636. The molecule has 240 valence electrons. The molecule has 2 aliphatic rings. The zero-order valence-electron chi connectivity index (χ0n) is 26.1. The number of carbonyl (C=O) groups is 2. The van der Waals surface area contributed by atoms with Gasteiger partial charge in [-0.2, -0.15) is 0 Å². The van der Waals surface area contributed by atoms with Gasteiger partial charge in [-0.05, 0) is 66.4 Å². The van der Waals surface area contributed by atoms with Gasteiger partial charge >= 0.3 is 6.09 Å². The second kappa shape index (κ2) is 15.2. The van der Waals surface area contributed by atoms with Crippen molar-refractivity contribution in [2.45, 2.75) is 64.6 Å². The van der Waals surface area contributed by atoms with E-state index in [-0.39, 0.29) is 18.1 Å². The van der Waals surface area contributed by atoms with Crippen LogP contribution in [0.4, 0.5) is 16.2 Å². The highest BCUT2D eigenvalue weighted by molar-refractivity contribution is 6.04. The lowest BCUT2D eigenvalue weighted by Crippen LogP contribution is -2.35. The van der Waals surface area contributed by atoms with Gasteiger partial charge in [-0.15, -0.1) is 0 Å². The average molecular weight is 618 g/mol. The van der Waals surface area contributed by atoms with Crippen LogP contribution in [0.25, 0.3) is 0 Å². The Balaban J connectivity index is 0.898. The number of amides is 2. The van der Waals surface area contributed by atoms with E-state index in [9.17, 15) is 9.59 Å². The number of ether oxygens (including phenoxy) is 5. The van der Waals surface area contributed by atoms with Crippen LogP contribution in [0.2, 0.25) is 0 Å². The van der Waals surface area contributed by atoms with Crippen molar-refractivity contribution in [1.29, 1.82) is 0 Å². The minimum Gasteiger partial charge on any atom is -0.463 e. The van der Waals surface area contributed by atoms with Gasteiger partial charge in [-0.1, -0.05) is 37.1 Å². The summed E-state index contributed by atoms with van der Waals surface area (Å²) in [7, 11) is 0. The third kappa shape index (κ3) is 9.43. The van der Waals surface area contributed by atoms with Gasteiger partial charge in [-0.3, -0.25) is 4.79 Å². The molecule has 0 aromatic heterocycles. The molecule has 0 saturated carbocycles. The highest BCUT2D eigenvalue weighted by atomic mass is 16.7. The highest BCUT2D eigenvalue weighted by Crippen LogP contribution is 2.35. The Hall–Kier alpha value is -4.12. The second-order valence-corrected chi connectivity index (χ2v) is 11.8. The molecule has 3 N–H and O–H groups in total. The summed E-state index contributed by atoms with van der Waals surface area (Å²) in [6.07, 6.45) is 3.38. The molecule has 0 radical (unpaired) electrons. The Morgan fingerprint density at radius 3 is 2.67 bits per heavy atom. The van der Waals surface area contributed by atoms with Crippen LogP contribution < -0.4 is 15.8 Å². The topological polar surface area (TPSA) is 122 Å². The molecule has 1 saturated heterocycles. The van der Waals surface area contributed by atoms with E-state index in [4.69, 9.17) is 29.4 Å². The predicted molar refractivity (Wildman–Crippen MR) is 171 cm³/mol. The Bertz CT molecular complexity index is 1460. The molecule has 45 heavy (non-hydrogen) atoms. The quantitative estimate of drug-likeness (QED) is 0.147. The number of nitrogens with zero attached hydrogens (tertiary/aromatic N) is 1. The maximum atomic E-state index is 12.5. The third-order valence-corrected chi connectivity index (χ3v) is 7.72. The van der Waals surface area contributed by atoms with E-state index in [2.05, 4.69) is 5.32 Å². The lowest BCUT2D eigenvalue weighted by Gasteiger charge is -2.32. The summed E-state index contributed by atoms with van der Waals surface area (Å²) in [5.74, 6) is -0.0324. The molecule has 0 aliphatic carbocycles. The molecule has 2 amide bonds. The summed E-state index contributed by atoms with van der Waals surface area (Å²) >= 11 is 0. The van der Waals surface area contributed by atoms with E-state index in [1.54, 1.807) is 29.2 Å². The molecule has 3 aromatic carbocycles. The largest absolute Gasteiger partial charge is 0.463 e. The first kappa shape index (κ1) is 32.3. The van der Waals surface area contributed by atoms with Crippen molar-refractivity contribution in [1.82, 2.24) is 4.90 Å². The van der Waals surface area contributed by atoms with E-state index in [1.807, 2.05) is 56.3 Å². The van der Waals surface area contributed by atoms with Crippen LogP contribution >= 0.6 is 0 Å². The summed E-state index contributed by atoms with van der Waals surface area (Å²) in [6, 6.07) is 20.4. The minimum absolute atomic E-state index is 0.210. The zero-order chi connectivity index (χ0) is 31.6. The zero-order valence-corrected chi connectivity index (χ0v) is 26.1. The molecular formula is C35H43N3O7. The summed E-state index contributed by atoms with van der Waals surface area (Å²) in [4.78, 5) is 26.7. The lowest BCUT2D eigenvalue weighted by atomic mass is 10.0. The molecule has 2 aliphatic heterocycles. The van der Waals surface area contributed by atoms with Crippen molar-refractivity contribution in [3.8, 4) is 5.75 Å². The number of nitrogen functional groups attached to an aromatic ring is 1. The Morgan fingerprint density at radius 2 is 1.80 bits per heavy atom. The van der Waals surface area contributed by atoms with Crippen molar-refractivity contribution in [2.24, 2.45) is 0 Å². The average Bonchev–Trinajstić information content (AvgIpc) is 3.39. The van der Waals surface area contributed by atoms with Gasteiger partial charge in [0.05, 0.1) is 33.0 Å². The normalized spacial score (nSPS) is 17.0. The van der Waals surface area contributed by atoms with Crippen LogP contribution in [-0.4, -0.2) is 55.6 Å². The smallest absolute Gasteiger partial charge is 0.410 e. The van der Waals surface area contributed by atoms with E-state index in [0.717, 1.165) is 48.1 Å². The van der Waals surface area contributed by atoms with Gasteiger partial charge in [0.15, 0.2) is 0 Å². The Labute approximate surface area is 264 Å². The van der Waals surface area contributed by atoms with Crippen molar-refractivity contribution in [2.75, 3.05) is 44.0 Å². The molecule has 1 atom stereocenters. The van der Waals surface area contributed by atoms with E-state index in [1.165, 1.54) is 0 Å². The van der Waals surface area contributed by atoms with E-state index in [0.29, 0.717) is 63.1 Å². The monoisotopic (exact) mass is 617 g/mol. The van der Waals surface area contributed by atoms with Gasteiger partial charge in [0.2, 0.25) is 5.79 Å². The fraction of sp³-hybridized carbons (Fsp3) is 0.429. The highest BCUT2D eigenvalue weighted by Gasteiger charge is 2.33. The van der Waals surface area contributed by atoms with Crippen molar-refractivity contribution < 1.29 is 33.3 Å². The summed E-state index contributed by atoms with van der Waals surface area (Å²) < 4.78 is 28.7. The van der Waals surface area contributed by atoms with Crippen molar-refractivity contribution >= 4 is 23.4 Å². The third-order valence-electron chi connectivity index (χ3n) is 7.72. The number of fused-ring (bicyclic) bond motifs is 1. The van der Waals surface area contributed by atoms with Gasteiger partial charge in [-0.25, -0.2) is 4.79 Å². The fourth-order valence-electron chi connectivity index (χ4n) is 5.31. The number of unbranched alkanes of at least 4 members (excludes halogenated alkanes) is 3. The van der Waals surface area contributed by atoms with Crippen LogP contribution in [0.1, 0.15) is 72.7 Å². The van der Waals surface area contributed by atoms with Gasteiger partial charge in [0, 0.05) is 49.5 Å². The van der Waals surface area contributed by atoms with E-state index < -0.39 is 5.79 Å². The standard InChI is InChI=1S/C35H43N3O7/c1-35(2)43-24-28-20-26(13-14-31(28)45-35)32-22-38(34(40)44-32)15-5-3-4-6-16-41-17-18-42-23-25-9-7-12-30(19-25)37-33(39)27-10-8-11-29(36)21-27/h7-14,19-21,32H,3-6,15-18,22-24,36H2,1-2H3,(H,37,39)/t32-/m0/s1. The molecule has 10 heteroatoms. The molecule has 0 spiro atoms. The number of nitrogens with two attached hydrogens (primary N) is 1. The molecule has 3 aromatic rings. The number of carbonyl (C=O) groups excluding carboxylic acids is 2. The molecular weight excluding hydrogens is 574 g/mol. The first-order valence-electron chi connectivity index (χ1n) is 15.6. The molecule has 0 bridgehead atoms. The molecule has 0 unspecified atom stereocenters. The Morgan fingerprint density at radius 1 is 0.978 bits per heavy atom. The first-order valence-corrected chi connectivity index (χ1v) is 15.6. The number of anilines is 2. The van der Waals surface area contributed by atoms with Crippen molar-refractivity contribution in [3.05, 3.63) is 89.0 Å². The van der Waals surface area contributed by atoms with Gasteiger partial charge in [0.25, 0.3) is 5.91 Å². The number of hydrogen-bond donors (Lipinski definition) is 2. The van der Waals surface area contributed by atoms with Gasteiger partial charge in [0.1, 0.15) is 11.9 Å². The molecule has 5 rings (SSSR count).